The predicted octanol–water partition coefficient (Wildman–Crippen LogP) is 4.58. The van der Waals surface area contributed by atoms with Gasteiger partial charge in [0.2, 0.25) is 11.8 Å². The number of thioether (sulfide) groups is 2. The molecule has 156 valence electrons. The van der Waals surface area contributed by atoms with E-state index in [4.69, 9.17) is 23.2 Å². The Labute approximate surface area is 191 Å². The molecule has 0 spiro atoms. The van der Waals surface area contributed by atoms with Crippen molar-refractivity contribution in [3.63, 3.8) is 0 Å². The van der Waals surface area contributed by atoms with Gasteiger partial charge in [0.25, 0.3) is 0 Å². The molecule has 0 atom stereocenters. The van der Waals surface area contributed by atoms with Crippen molar-refractivity contribution in [1.82, 2.24) is 14.8 Å². The third-order valence-electron chi connectivity index (χ3n) is 3.72. The molecule has 0 aliphatic carbocycles. The lowest BCUT2D eigenvalue weighted by atomic mass is 10.3. The van der Waals surface area contributed by atoms with E-state index in [1.165, 1.54) is 23.5 Å². The fourth-order valence-corrected chi connectivity index (χ4v) is 4.01. The molecule has 30 heavy (non-hydrogen) atoms. The molecule has 0 aliphatic rings. The van der Waals surface area contributed by atoms with E-state index in [0.29, 0.717) is 31.7 Å². The smallest absolute Gasteiger partial charge is 0.234 e. The van der Waals surface area contributed by atoms with Crippen LogP contribution in [0.3, 0.4) is 0 Å². The molecule has 0 saturated heterocycles. The molecule has 2 N–H and O–H groups in total. The van der Waals surface area contributed by atoms with Gasteiger partial charge in [-0.1, -0.05) is 46.7 Å². The maximum atomic E-state index is 12.1. The second-order valence-corrected chi connectivity index (χ2v) is 8.77. The van der Waals surface area contributed by atoms with Crippen molar-refractivity contribution in [2.75, 3.05) is 22.1 Å². The van der Waals surface area contributed by atoms with Crippen LogP contribution in [0.5, 0.6) is 0 Å². The van der Waals surface area contributed by atoms with Crippen molar-refractivity contribution in [1.29, 1.82) is 0 Å². The normalized spacial score (nSPS) is 10.6. The first-order valence-electron chi connectivity index (χ1n) is 8.66. The molecule has 3 aromatic rings. The van der Waals surface area contributed by atoms with E-state index in [2.05, 4.69) is 20.8 Å². The van der Waals surface area contributed by atoms with Crippen molar-refractivity contribution in [2.24, 2.45) is 7.05 Å². The number of carbonyl (C=O) groups is 2. The van der Waals surface area contributed by atoms with E-state index in [1.54, 1.807) is 60.1 Å². The molecule has 1 aromatic heterocycles. The number of rotatable bonds is 8. The van der Waals surface area contributed by atoms with Gasteiger partial charge in [-0.25, -0.2) is 0 Å². The monoisotopic (exact) mass is 481 g/mol. The first-order valence-corrected chi connectivity index (χ1v) is 11.4. The van der Waals surface area contributed by atoms with Crippen LogP contribution >= 0.6 is 46.7 Å². The average Bonchev–Trinajstić information content (AvgIpc) is 3.08. The van der Waals surface area contributed by atoms with Crippen LogP contribution in [-0.2, 0) is 16.6 Å². The number of hydrogen-bond acceptors (Lipinski definition) is 6. The molecule has 2 aromatic carbocycles. The van der Waals surface area contributed by atoms with Gasteiger partial charge in [0, 0.05) is 28.5 Å². The lowest BCUT2D eigenvalue weighted by Gasteiger charge is -2.06. The highest BCUT2D eigenvalue weighted by Crippen LogP contribution is 2.23. The van der Waals surface area contributed by atoms with E-state index in [-0.39, 0.29) is 23.3 Å². The van der Waals surface area contributed by atoms with Crippen molar-refractivity contribution < 1.29 is 9.59 Å². The topological polar surface area (TPSA) is 88.9 Å². The summed E-state index contributed by atoms with van der Waals surface area (Å²) in [7, 11) is 1.79. The molecule has 11 heteroatoms. The Morgan fingerprint density at radius 3 is 1.53 bits per heavy atom. The number of nitrogens with zero attached hydrogens (tertiary/aromatic N) is 3. The Balaban J connectivity index is 1.46. The molecule has 2 amide bonds. The summed E-state index contributed by atoms with van der Waals surface area (Å²) in [5.74, 6) is 0.0239. The highest BCUT2D eigenvalue weighted by molar-refractivity contribution is 8.00. The summed E-state index contributed by atoms with van der Waals surface area (Å²) in [6.07, 6.45) is 0. The Hall–Kier alpha value is -2.20. The van der Waals surface area contributed by atoms with E-state index in [1.807, 2.05) is 0 Å². The fraction of sp³-hybridized carbons (Fsp3) is 0.158. The van der Waals surface area contributed by atoms with Crippen LogP contribution in [0.15, 0.2) is 58.8 Å². The largest absolute Gasteiger partial charge is 0.325 e. The Kier molecular flexibility index (Phi) is 8.03. The van der Waals surface area contributed by atoms with Gasteiger partial charge in [0.1, 0.15) is 0 Å². The zero-order chi connectivity index (χ0) is 21.5. The van der Waals surface area contributed by atoms with Crippen molar-refractivity contribution in [3.05, 3.63) is 58.6 Å². The molecule has 0 aliphatic heterocycles. The molecule has 1 heterocycles. The minimum absolute atomic E-state index is 0.165. The number of benzene rings is 2. The Morgan fingerprint density at radius 2 is 1.17 bits per heavy atom. The van der Waals surface area contributed by atoms with Crippen LogP contribution in [0.4, 0.5) is 11.4 Å². The summed E-state index contributed by atoms with van der Waals surface area (Å²) < 4.78 is 1.75. The molecular formula is C19H17Cl2N5O2S2. The van der Waals surface area contributed by atoms with E-state index in [9.17, 15) is 9.59 Å². The lowest BCUT2D eigenvalue weighted by molar-refractivity contribution is -0.114. The van der Waals surface area contributed by atoms with E-state index in [0.717, 1.165) is 0 Å². The van der Waals surface area contributed by atoms with Crippen LogP contribution in [-0.4, -0.2) is 38.1 Å². The summed E-state index contributed by atoms with van der Waals surface area (Å²) in [5, 5.41) is 16.1. The third kappa shape index (κ3) is 6.66. The van der Waals surface area contributed by atoms with Gasteiger partial charge in [-0.3, -0.25) is 9.59 Å². The maximum absolute atomic E-state index is 12.1. The summed E-state index contributed by atoms with van der Waals surface area (Å²) in [6, 6.07) is 13.8. The molecule has 0 radical (unpaired) electrons. The van der Waals surface area contributed by atoms with Gasteiger partial charge in [-0.2, -0.15) is 0 Å². The second-order valence-electron chi connectivity index (χ2n) is 6.01. The summed E-state index contributed by atoms with van der Waals surface area (Å²) in [5.41, 5.74) is 1.34. The number of hydrogen-bond donors (Lipinski definition) is 2. The number of carbonyl (C=O) groups excluding carboxylic acids is 2. The fourth-order valence-electron chi connectivity index (χ4n) is 2.27. The van der Waals surface area contributed by atoms with Crippen LogP contribution in [0.1, 0.15) is 0 Å². The minimum Gasteiger partial charge on any atom is -0.325 e. The van der Waals surface area contributed by atoms with Gasteiger partial charge in [0.15, 0.2) is 10.3 Å². The molecule has 7 nitrogen and oxygen atoms in total. The molecular weight excluding hydrogens is 465 g/mol. The van der Waals surface area contributed by atoms with Gasteiger partial charge < -0.3 is 15.2 Å². The lowest BCUT2D eigenvalue weighted by Crippen LogP contribution is -2.15. The summed E-state index contributed by atoms with van der Waals surface area (Å²) >= 11 is 14.2. The SMILES string of the molecule is Cn1c(SCC(=O)Nc2ccc(Cl)cc2)nnc1SCC(=O)Nc1ccc(Cl)cc1. The maximum Gasteiger partial charge on any atom is 0.234 e. The molecule has 0 fully saturated rings. The van der Waals surface area contributed by atoms with Crippen LogP contribution < -0.4 is 10.6 Å². The molecule has 0 saturated carbocycles. The summed E-state index contributed by atoms with van der Waals surface area (Å²) in [6.45, 7) is 0. The van der Waals surface area contributed by atoms with Gasteiger partial charge in [0.05, 0.1) is 11.5 Å². The number of anilines is 2. The zero-order valence-electron chi connectivity index (χ0n) is 15.8. The highest BCUT2D eigenvalue weighted by Gasteiger charge is 2.14. The Morgan fingerprint density at radius 1 is 0.800 bits per heavy atom. The number of nitrogens with one attached hydrogen (secondary N) is 2. The average molecular weight is 482 g/mol. The molecule has 3 rings (SSSR count). The van der Waals surface area contributed by atoms with Crippen LogP contribution in [0.2, 0.25) is 10.0 Å². The van der Waals surface area contributed by atoms with Crippen LogP contribution in [0.25, 0.3) is 0 Å². The van der Waals surface area contributed by atoms with E-state index < -0.39 is 0 Å². The van der Waals surface area contributed by atoms with Gasteiger partial charge >= 0.3 is 0 Å². The van der Waals surface area contributed by atoms with Gasteiger partial charge in [-0.05, 0) is 48.5 Å². The van der Waals surface area contributed by atoms with Crippen molar-refractivity contribution >= 4 is 69.9 Å². The predicted molar refractivity (Wildman–Crippen MR) is 123 cm³/mol. The number of halogens is 2. The minimum atomic E-state index is -0.165. The van der Waals surface area contributed by atoms with Crippen molar-refractivity contribution in [2.45, 2.75) is 10.3 Å². The second kappa shape index (κ2) is 10.7. The number of amides is 2. The van der Waals surface area contributed by atoms with Crippen molar-refractivity contribution in [3.8, 4) is 0 Å². The standard InChI is InChI=1S/C19H17Cl2N5O2S2/c1-26-18(29-10-16(27)22-14-6-2-12(20)3-7-14)24-25-19(26)30-11-17(28)23-15-8-4-13(21)5-9-15/h2-9H,10-11H2,1H3,(H,22,27)(H,23,28). The first-order chi connectivity index (χ1) is 14.4. The highest BCUT2D eigenvalue weighted by atomic mass is 35.5. The quantitative estimate of drug-likeness (QED) is 0.457. The van der Waals surface area contributed by atoms with E-state index >= 15 is 0 Å². The third-order valence-corrected chi connectivity index (χ3v) is 6.26. The summed E-state index contributed by atoms with van der Waals surface area (Å²) in [4.78, 5) is 24.2. The van der Waals surface area contributed by atoms with Gasteiger partial charge in [-0.15, -0.1) is 10.2 Å². The molecule has 0 unspecified atom stereocenters. The number of aromatic nitrogens is 3. The molecule has 0 bridgehead atoms. The Bertz CT molecular complexity index is 945. The zero-order valence-corrected chi connectivity index (χ0v) is 18.9. The first kappa shape index (κ1) is 22.5. The van der Waals surface area contributed by atoms with Crippen LogP contribution in [0, 0.1) is 0 Å².